The van der Waals surface area contributed by atoms with Crippen LogP contribution < -0.4 is 15.8 Å². The maximum atomic E-state index is 12.0. The molecule has 0 bridgehead atoms. The van der Waals surface area contributed by atoms with Gasteiger partial charge >= 0.3 is 0 Å². The minimum absolute atomic E-state index is 0.00548. The summed E-state index contributed by atoms with van der Waals surface area (Å²) in [5.41, 5.74) is 0.436. The number of hydrogen-bond donors (Lipinski definition) is 3. The van der Waals surface area contributed by atoms with E-state index in [-0.39, 0.29) is 16.8 Å². The molecular weight excluding hydrogens is 266 g/mol. The van der Waals surface area contributed by atoms with E-state index in [1.165, 1.54) is 24.3 Å². The number of rotatable bonds is 3. The first-order valence-electron chi connectivity index (χ1n) is 6.11. The van der Waals surface area contributed by atoms with Crippen molar-refractivity contribution in [1.82, 2.24) is 10.6 Å². The van der Waals surface area contributed by atoms with Crippen molar-refractivity contribution in [1.29, 1.82) is 0 Å². The van der Waals surface area contributed by atoms with Gasteiger partial charge in [-0.05, 0) is 50.2 Å². The second-order valence-corrected chi connectivity index (χ2v) is 6.13. The molecule has 0 spiro atoms. The molecule has 0 unspecified atom stereocenters. The highest BCUT2D eigenvalue weighted by Crippen LogP contribution is 2.10. The fourth-order valence-corrected chi connectivity index (χ4v) is 2.55. The smallest absolute Gasteiger partial charge is 0.251 e. The fraction of sp³-hybridized carbons (Fsp3) is 0.417. The van der Waals surface area contributed by atoms with E-state index in [1.807, 2.05) is 0 Å². The number of nitrogens with one attached hydrogen (secondary N) is 2. The molecule has 0 radical (unpaired) electrons. The first-order chi connectivity index (χ1) is 8.97. The highest BCUT2D eigenvalue weighted by atomic mass is 32.2. The lowest BCUT2D eigenvalue weighted by Gasteiger charge is -2.23. The number of piperidine rings is 1. The zero-order valence-electron chi connectivity index (χ0n) is 10.4. The average Bonchev–Trinajstić information content (AvgIpc) is 2.39. The van der Waals surface area contributed by atoms with Gasteiger partial charge in [-0.1, -0.05) is 0 Å². The summed E-state index contributed by atoms with van der Waals surface area (Å²) in [6, 6.07) is 5.79. The van der Waals surface area contributed by atoms with Gasteiger partial charge in [0.15, 0.2) is 0 Å². The van der Waals surface area contributed by atoms with E-state index in [0.29, 0.717) is 5.56 Å². The lowest BCUT2D eigenvalue weighted by Crippen LogP contribution is -2.42. The van der Waals surface area contributed by atoms with Crippen molar-refractivity contribution in [2.75, 3.05) is 13.1 Å². The molecule has 0 aliphatic carbocycles. The number of hydrogen-bond acceptors (Lipinski definition) is 4. The van der Waals surface area contributed by atoms with E-state index in [9.17, 15) is 13.2 Å². The van der Waals surface area contributed by atoms with E-state index in [2.05, 4.69) is 10.6 Å². The number of carbonyl (C=O) groups excluding carboxylic acids is 1. The molecule has 0 saturated carbocycles. The van der Waals surface area contributed by atoms with Crippen LogP contribution in [0.4, 0.5) is 0 Å². The number of benzene rings is 1. The van der Waals surface area contributed by atoms with E-state index in [0.717, 1.165) is 25.9 Å². The van der Waals surface area contributed by atoms with Crippen LogP contribution in [0.5, 0.6) is 0 Å². The summed E-state index contributed by atoms with van der Waals surface area (Å²) < 4.78 is 22.2. The molecule has 4 N–H and O–H groups in total. The van der Waals surface area contributed by atoms with Gasteiger partial charge in [-0.3, -0.25) is 4.79 Å². The summed E-state index contributed by atoms with van der Waals surface area (Å²) in [6.07, 6.45) is 1.81. The van der Waals surface area contributed by atoms with Crippen molar-refractivity contribution in [3.05, 3.63) is 29.8 Å². The van der Waals surface area contributed by atoms with Crippen LogP contribution in [0.15, 0.2) is 29.2 Å². The summed E-state index contributed by atoms with van der Waals surface area (Å²) in [5.74, 6) is -0.187. The lowest BCUT2D eigenvalue weighted by atomic mass is 10.1. The topological polar surface area (TPSA) is 101 Å². The molecule has 1 aliphatic heterocycles. The van der Waals surface area contributed by atoms with Gasteiger partial charge < -0.3 is 10.6 Å². The van der Waals surface area contributed by atoms with E-state index < -0.39 is 10.0 Å². The molecule has 1 amide bonds. The number of sulfonamides is 1. The Balaban J connectivity index is 2.03. The number of nitrogens with two attached hydrogens (primary N) is 1. The van der Waals surface area contributed by atoms with E-state index in [1.54, 1.807) is 0 Å². The second-order valence-electron chi connectivity index (χ2n) is 4.57. The largest absolute Gasteiger partial charge is 0.349 e. The minimum Gasteiger partial charge on any atom is -0.349 e. The first-order valence-corrected chi connectivity index (χ1v) is 7.66. The fourth-order valence-electron chi connectivity index (χ4n) is 2.03. The van der Waals surface area contributed by atoms with Crippen molar-refractivity contribution in [3.63, 3.8) is 0 Å². The first kappa shape index (κ1) is 14.0. The van der Waals surface area contributed by atoms with Crippen molar-refractivity contribution < 1.29 is 13.2 Å². The minimum atomic E-state index is -3.71. The SMILES string of the molecule is NS(=O)(=O)c1ccc(C(=O)NC2CCNCC2)cc1. The molecule has 1 fully saturated rings. The summed E-state index contributed by atoms with van der Waals surface area (Å²) in [4.78, 5) is 12.0. The third-order valence-corrected chi connectivity index (χ3v) is 4.05. The standard InChI is InChI=1S/C12H17N3O3S/c13-19(17,18)11-3-1-9(2-4-11)12(16)15-10-5-7-14-8-6-10/h1-4,10,14H,5-8H2,(H,15,16)(H2,13,17,18). The lowest BCUT2D eigenvalue weighted by molar-refractivity contribution is 0.0929. The molecule has 2 rings (SSSR count). The third kappa shape index (κ3) is 3.76. The molecule has 1 aliphatic rings. The Kier molecular flexibility index (Phi) is 4.18. The van der Waals surface area contributed by atoms with E-state index >= 15 is 0 Å². The molecule has 1 saturated heterocycles. The highest BCUT2D eigenvalue weighted by Gasteiger charge is 2.16. The van der Waals surface area contributed by atoms with Crippen LogP contribution in [0.25, 0.3) is 0 Å². The normalized spacial score (nSPS) is 17.1. The van der Waals surface area contributed by atoms with Crippen molar-refractivity contribution in [3.8, 4) is 0 Å². The summed E-state index contributed by atoms with van der Waals surface area (Å²) in [7, 11) is -3.71. The van der Waals surface area contributed by atoms with Crippen LogP contribution in [0.3, 0.4) is 0 Å². The van der Waals surface area contributed by atoms with Crippen molar-refractivity contribution in [2.24, 2.45) is 5.14 Å². The Labute approximate surface area is 112 Å². The summed E-state index contributed by atoms with van der Waals surface area (Å²) >= 11 is 0. The molecule has 1 aromatic rings. The van der Waals surface area contributed by atoms with Crippen LogP contribution in [0, 0.1) is 0 Å². The molecule has 104 valence electrons. The maximum absolute atomic E-state index is 12.0. The molecular formula is C12H17N3O3S. The van der Waals surface area contributed by atoms with Gasteiger partial charge in [0, 0.05) is 11.6 Å². The van der Waals surface area contributed by atoms with Gasteiger partial charge in [-0.25, -0.2) is 13.6 Å². The monoisotopic (exact) mass is 283 g/mol. The van der Waals surface area contributed by atoms with Crippen molar-refractivity contribution in [2.45, 2.75) is 23.8 Å². The predicted octanol–water partition coefficient (Wildman–Crippen LogP) is -0.184. The molecule has 1 heterocycles. The van der Waals surface area contributed by atoms with Crippen molar-refractivity contribution >= 4 is 15.9 Å². The van der Waals surface area contributed by atoms with Gasteiger partial charge in [-0.15, -0.1) is 0 Å². The van der Waals surface area contributed by atoms with Gasteiger partial charge in [0.25, 0.3) is 5.91 Å². The van der Waals surface area contributed by atoms with Crippen LogP contribution in [-0.2, 0) is 10.0 Å². The molecule has 6 nitrogen and oxygen atoms in total. The third-order valence-electron chi connectivity index (χ3n) is 3.12. The maximum Gasteiger partial charge on any atom is 0.251 e. The van der Waals surface area contributed by atoms with Crippen LogP contribution in [0.1, 0.15) is 23.2 Å². The molecule has 0 aromatic heterocycles. The second kappa shape index (κ2) is 5.68. The van der Waals surface area contributed by atoms with Crippen LogP contribution in [-0.4, -0.2) is 33.5 Å². The van der Waals surface area contributed by atoms with Gasteiger partial charge in [0.2, 0.25) is 10.0 Å². The predicted molar refractivity (Wildman–Crippen MR) is 71.2 cm³/mol. The molecule has 19 heavy (non-hydrogen) atoms. The quantitative estimate of drug-likeness (QED) is 0.716. The average molecular weight is 283 g/mol. The Morgan fingerprint density at radius 1 is 1.21 bits per heavy atom. The molecule has 0 atom stereocenters. The Hall–Kier alpha value is -1.44. The van der Waals surface area contributed by atoms with Gasteiger partial charge in [0.05, 0.1) is 4.90 Å². The Bertz CT molecular complexity index is 548. The zero-order chi connectivity index (χ0) is 13.9. The van der Waals surface area contributed by atoms with E-state index in [4.69, 9.17) is 5.14 Å². The molecule has 1 aromatic carbocycles. The number of primary sulfonamides is 1. The number of carbonyl (C=O) groups is 1. The number of amides is 1. The Morgan fingerprint density at radius 2 is 1.79 bits per heavy atom. The summed E-state index contributed by atoms with van der Waals surface area (Å²) in [5, 5.41) is 11.2. The van der Waals surface area contributed by atoms with Crippen LogP contribution in [0.2, 0.25) is 0 Å². The molecule has 7 heteroatoms. The highest BCUT2D eigenvalue weighted by molar-refractivity contribution is 7.89. The Morgan fingerprint density at radius 3 is 2.32 bits per heavy atom. The van der Waals surface area contributed by atoms with Gasteiger partial charge in [0.1, 0.15) is 0 Å². The van der Waals surface area contributed by atoms with Crippen LogP contribution >= 0.6 is 0 Å². The van der Waals surface area contributed by atoms with Gasteiger partial charge in [-0.2, -0.15) is 0 Å². The summed E-state index contributed by atoms with van der Waals surface area (Å²) in [6.45, 7) is 1.80. The zero-order valence-corrected chi connectivity index (χ0v) is 11.2.